The minimum absolute atomic E-state index is 0.0363. The van der Waals surface area contributed by atoms with Gasteiger partial charge in [0.05, 0.1) is 17.2 Å². The van der Waals surface area contributed by atoms with Crippen molar-refractivity contribution in [1.82, 2.24) is 10.3 Å². The van der Waals surface area contributed by atoms with E-state index in [0.717, 1.165) is 16.4 Å². The zero-order chi connectivity index (χ0) is 14.7. The summed E-state index contributed by atoms with van der Waals surface area (Å²) in [6.45, 7) is 4.63. The first-order valence-corrected chi connectivity index (χ1v) is 7.48. The van der Waals surface area contributed by atoms with E-state index >= 15 is 0 Å². The standard InChI is InChI=1S/C15H20FN3S/c1-10(17-3)15-13(16)6-5-7-14(15)19(4)8-12-9-20-11(2)18-12/h5-7,9-10,17H,8H2,1-4H3. The van der Waals surface area contributed by atoms with Crippen molar-refractivity contribution in [2.24, 2.45) is 0 Å². The fraction of sp³-hybridized carbons (Fsp3) is 0.400. The molecule has 0 amide bonds. The summed E-state index contributed by atoms with van der Waals surface area (Å²) in [4.78, 5) is 6.50. The van der Waals surface area contributed by atoms with Crippen LogP contribution in [0.15, 0.2) is 23.6 Å². The Labute approximate surface area is 123 Å². The maximum absolute atomic E-state index is 14.1. The van der Waals surface area contributed by atoms with Gasteiger partial charge in [-0.2, -0.15) is 0 Å². The van der Waals surface area contributed by atoms with Gasteiger partial charge in [-0.1, -0.05) is 6.07 Å². The molecule has 0 fully saturated rings. The minimum atomic E-state index is -0.175. The Hall–Kier alpha value is -1.46. The van der Waals surface area contributed by atoms with Crippen LogP contribution in [-0.2, 0) is 6.54 Å². The van der Waals surface area contributed by atoms with Gasteiger partial charge in [0.2, 0.25) is 0 Å². The van der Waals surface area contributed by atoms with Gasteiger partial charge in [0, 0.05) is 29.7 Å². The second kappa shape index (κ2) is 6.33. The number of anilines is 1. The van der Waals surface area contributed by atoms with Crippen LogP contribution in [0.2, 0.25) is 0 Å². The summed E-state index contributed by atoms with van der Waals surface area (Å²) >= 11 is 1.64. The zero-order valence-corrected chi connectivity index (χ0v) is 13.1. The maximum atomic E-state index is 14.1. The van der Waals surface area contributed by atoms with Crippen molar-refractivity contribution in [3.63, 3.8) is 0 Å². The van der Waals surface area contributed by atoms with Gasteiger partial charge in [-0.15, -0.1) is 11.3 Å². The fourth-order valence-electron chi connectivity index (χ4n) is 2.24. The maximum Gasteiger partial charge on any atom is 0.130 e. The summed E-state index contributed by atoms with van der Waals surface area (Å²) < 4.78 is 14.1. The molecule has 20 heavy (non-hydrogen) atoms. The fourth-order valence-corrected chi connectivity index (χ4v) is 2.84. The number of aromatic nitrogens is 1. The highest BCUT2D eigenvalue weighted by atomic mass is 32.1. The Balaban J connectivity index is 2.29. The normalized spacial score (nSPS) is 12.4. The third kappa shape index (κ3) is 3.16. The van der Waals surface area contributed by atoms with Crippen molar-refractivity contribution in [1.29, 1.82) is 0 Å². The van der Waals surface area contributed by atoms with E-state index in [1.807, 2.05) is 44.3 Å². The lowest BCUT2D eigenvalue weighted by atomic mass is 10.0. The summed E-state index contributed by atoms with van der Waals surface area (Å²) in [5.74, 6) is -0.175. The number of nitrogens with zero attached hydrogens (tertiary/aromatic N) is 2. The number of nitrogens with one attached hydrogen (secondary N) is 1. The topological polar surface area (TPSA) is 28.2 Å². The predicted octanol–water partition coefficient (Wildman–Crippen LogP) is 3.51. The third-order valence-electron chi connectivity index (χ3n) is 3.37. The molecule has 0 spiro atoms. The van der Waals surface area contributed by atoms with Gasteiger partial charge in [0.15, 0.2) is 0 Å². The lowest BCUT2D eigenvalue weighted by molar-refractivity contribution is 0.560. The van der Waals surface area contributed by atoms with Crippen molar-refractivity contribution in [2.45, 2.75) is 26.4 Å². The average molecular weight is 293 g/mol. The molecule has 0 aliphatic carbocycles. The Morgan fingerprint density at radius 3 is 2.80 bits per heavy atom. The Kier molecular flexibility index (Phi) is 4.73. The van der Waals surface area contributed by atoms with Crippen LogP contribution in [0.5, 0.6) is 0 Å². The zero-order valence-electron chi connectivity index (χ0n) is 12.3. The lowest BCUT2D eigenvalue weighted by Gasteiger charge is -2.24. The lowest BCUT2D eigenvalue weighted by Crippen LogP contribution is -2.22. The molecule has 1 N–H and O–H groups in total. The molecule has 1 aromatic carbocycles. The SMILES string of the molecule is CNC(C)c1c(F)cccc1N(C)Cc1csc(C)n1. The monoisotopic (exact) mass is 293 g/mol. The molecule has 1 heterocycles. The molecule has 108 valence electrons. The van der Waals surface area contributed by atoms with Crippen LogP contribution < -0.4 is 10.2 Å². The molecule has 0 aliphatic heterocycles. The van der Waals surface area contributed by atoms with Gasteiger partial charge in [-0.25, -0.2) is 9.37 Å². The number of hydrogen-bond donors (Lipinski definition) is 1. The quantitative estimate of drug-likeness (QED) is 0.914. The minimum Gasteiger partial charge on any atom is -0.368 e. The van der Waals surface area contributed by atoms with Crippen LogP contribution in [0.1, 0.15) is 29.2 Å². The van der Waals surface area contributed by atoms with Gasteiger partial charge in [0.25, 0.3) is 0 Å². The number of halogens is 1. The van der Waals surface area contributed by atoms with Crippen LogP contribution >= 0.6 is 11.3 Å². The number of aryl methyl sites for hydroxylation is 1. The number of rotatable bonds is 5. The van der Waals surface area contributed by atoms with E-state index < -0.39 is 0 Å². The first-order valence-electron chi connectivity index (χ1n) is 6.60. The van der Waals surface area contributed by atoms with Gasteiger partial charge in [0.1, 0.15) is 5.82 Å². The van der Waals surface area contributed by atoms with E-state index in [0.29, 0.717) is 12.1 Å². The summed E-state index contributed by atoms with van der Waals surface area (Å²) in [7, 11) is 3.81. The molecular weight excluding hydrogens is 273 g/mol. The van der Waals surface area contributed by atoms with Crippen LogP contribution in [0.4, 0.5) is 10.1 Å². The van der Waals surface area contributed by atoms with E-state index in [1.165, 1.54) is 6.07 Å². The summed E-state index contributed by atoms with van der Waals surface area (Å²) in [5, 5.41) is 6.21. The highest BCUT2D eigenvalue weighted by Crippen LogP contribution is 2.29. The van der Waals surface area contributed by atoms with Gasteiger partial charge in [-0.05, 0) is 33.0 Å². The summed E-state index contributed by atoms with van der Waals surface area (Å²) in [5.41, 5.74) is 2.62. The van der Waals surface area contributed by atoms with E-state index in [9.17, 15) is 4.39 Å². The van der Waals surface area contributed by atoms with E-state index in [1.54, 1.807) is 17.4 Å². The Morgan fingerprint density at radius 2 is 2.20 bits per heavy atom. The highest BCUT2D eigenvalue weighted by Gasteiger charge is 2.17. The Bertz CT molecular complexity index is 582. The molecule has 3 nitrogen and oxygen atoms in total. The molecule has 0 bridgehead atoms. The van der Waals surface area contributed by atoms with Gasteiger partial charge in [-0.3, -0.25) is 0 Å². The second-order valence-corrected chi connectivity index (χ2v) is 5.96. The first-order chi connectivity index (χ1) is 9.52. The van der Waals surface area contributed by atoms with Gasteiger partial charge >= 0.3 is 0 Å². The smallest absolute Gasteiger partial charge is 0.130 e. The van der Waals surface area contributed by atoms with Crippen molar-refractivity contribution in [3.05, 3.63) is 45.7 Å². The molecule has 0 radical (unpaired) electrons. The third-order valence-corrected chi connectivity index (χ3v) is 4.20. The average Bonchev–Trinajstić information content (AvgIpc) is 2.83. The van der Waals surface area contributed by atoms with E-state index in [-0.39, 0.29) is 11.9 Å². The summed E-state index contributed by atoms with van der Waals surface area (Å²) in [6.07, 6.45) is 0. The Morgan fingerprint density at radius 1 is 1.45 bits per heavy atom. The summed E-state index contributed by atoms with van der Waals surface area (Å²) in [6, 6.07) is 5.17. The van der Waals surface area contributed by atoms with Gasteiger partial charge < -0.3 is 10.2 Å². The molecule has 1 atom stereocenters. The molecule has 0 saturated heterocycles. The molecule has 1 unspecified atom stereocenters. The molecule has 2 aromatic rings. The second-order valence-electron chi connectivity index (χ2n) is 4.90. The van der Waals surface area contributed by atoms with Crippen LogP contribution in [0.3, 0.4) is 0 Å². The molecule has 2 rings (SSSR count). The van der Waals surface area contributed by atoms with E-state index in [2.05, 4.69) is 10.3 Å². The van der Waals surface area contributed by atoms with E-state index in [4.69, 9.17) is 0 Å². The van der Waals surface area contributed by atoms with Crippen molar-refractivity contribution in [3.8, 4) is 0 Å². The number of hydrogen-bond acceptors (Lipinski definition) is 4. The van der Waals surface area contributed by atoms with Crippen molar-refractivity contribution in [2.75, 3.05) is 19.0 Å². The largest absolute Gasteiger partial charge is 0.368 e. The molecule has 0 saturated carbocycles. The van der Waals surface area contributed by atoms with Crippen LogP contribution in [-0.4, -0.2) is 19.1 Å². The number of benzene rings is 1. The molecule has 5 heteroatoms. The van der Waals surface area contributed by atoms with Crippen LogP contribution in [0.25, 0.3) is 0 Å². The van der Waals surface area contributed by atoms with Crippen LogP contribution in [0, 0.1) is 12.7 Å². The molecule has 0 aliphatic rings. The highest BCUT2D eigenvalue weighted by molar-refractivity contribution is 7.09. The van der Waals surface area contributed by atoms with Crippen molar-refractivity contribution >= 4 is 17.0 Å². The molecular formula is C15H20FN3S. The number of thiazole rings is 1. The molecule has 1 aromatic heterocycles. The first kappa shape index (κ1) is 14.9. The predicted molar refractivity (Wildman–Crippen MR) is 82.8 cm³/mol. The van der Waals surface area contributed by atoms with Crippen molar-refractivity contribution < 1.29 is 4.39 Å².